The van der Waals surface area contributed by atoms with E-state index in [-0.39, 0.29) is 17.0 Å². The molecule has 0 aromatic heterocycles. The first kappa shape index (κ1) is 26.2. The average Bonchev–Trinajstić information content (AvgIpc) is 2.84. The average molecular weight is 607 g/mol. The van der Waals surface area contributed by atoms with Crippen LogP contribution in [0, 0.1) is 10.1 Å². The molecule has 1 N–H and O–H groups in total. The smallest absolute Gasteiger partial charge is 0.275 e. The van der Waals surface area contributed by atoms with Crippen molar-refractivity contribution < 1.29 is 23.9 Å². The van der Waals surface area contributed by atoms with Crippen LogP contribution in [0.5, 0.6) is 17.2 Å². The van der Waals surface area contributed by atoms with E-state index in [0.29, 0.717) is 34.7 Å². The van der Waals surface area contributed by atoms with Crippen molar-refractivity contribution in [1.82, 2.24) is 5.43 Å². The van der Waals surface area contributed by atoms with E-state index in [0.717, 1.165) is 16.1 Å². The highest BCUT2D eigenvalue weighted by Crippen LogP contribution is 2.37. The Morgan fingerprint density at radius 2 is 1.83 bits per heavy atom. The number of ether oxygens (including phenoxy) is 3. The first-order valence-corrected chi connectivity index (χ1v) is 11.9. The van der Waals surface area contributed by atoms with Crippen molar-refractivity contribution in [3.8, 4) is 17.2 Å². The van der Waals surface area contributed by atoms with E-state index in [2.05, 4.69) is 42.4 Å². The van der Waals surface area contributed by atoms with Crippen molar-refractivity contribution in [3.05, 3.63) is 90.3 Å². The number of nitrogens with one attached hydrogen (secondary N) is 1. The lowest BCUT2D eigenvalue weighted by Crippen LogP contribution is -2.18. The molecule has 0 atom stereocenters. The summed E-state index contributed by atoms with van der Waals surface area (Å²) in [7, 11) is 1.37. The van der Waals surface area contributed by atoms with Gasteiger partial charge in [0.1, 0.15) is 12.4 Å². The third-order valence-electron chi connectivity index (χ3n) is 4.65. The molecule has 35 heavy (non-hydrogen) atoms. The predicted molar refractivity (Wildman–Crippen MR) is 138 cm³/mol. The molecule has 182 valence electrons. The molecule has 0 unspecified atom stereocenters. The summed E-state index contributed by atoms with van der Waals surface area (Å²) in [6.45, 7) is 2.63. The number of non-ortho nitro benzene ring substituents is 1. The summed E-state index contributed by atoms with van der Waals surface area (Å²) in [6, 6.07) is 15.0. The summed E-state index contributed by atoms with van der Waals surface area (Å²) in [5, 5.41) is 15.0. The minimum atomic E-state index is -0.652. The maximum Gasteiger partial charge on any atom is 0.275 e. The number of methoxy groups -OCH3 is 1. The zero-order valence-corrected chi connectivity index (χ0v) is 22.0. The Bertz CT molecular complexity index is 1250. The van der Waals surface area contributed by atoms with Crippen LogP contribution in [-0.2, 0) is 6.61 Å². The van der Waals surface area contributed by atoms with Gasteiger partial charge in [0, 0.05) is 16.6 Å². The standard InChI is InChI=1S/C24H21Br2N3O6/c1-3-34-22-11-16(10-20(26)23(22)35-14-15-4-6-17(25)7-5-15)13-27-28-24(30)19-12-18(29(31)32)8-9-21(19)33-2/h4-13H,3,14H2,1-2H3,(H,28,30)/b27-13-. The Hall–Kier alpha value is -3.44. The molecule has 3 aromatic rings. The fourth-order valence-corrected chi connectivity index (χ4v) is 3.85. The van der Waals surface area contributed by atoms with E-state index >= 15 is 0 Å². The molecule has 3 aromatic carbocycles. The van der Waals surface area contributed by atoms with Gasteiger partial charge in [0.15, 0.2) is 11.5 Å². The Morgan fingerprint density at radius 1 is 1.09 bits per heavy atom. The number of benzene rings is 3. The van der Waals surface area contributed by atoms with Gasteiger partial charge in [-0.05, 0) is 64.3 Å². The van der Waals surface area contributed by atoms with Crippen molar-refractivity contribution in [2.24, 2.45) is 5.10 Å². The highest BCUT2D eigenvalue weighted by atomic mass is 79.9. The number of carbonyl (C=O) groups excluding carboxylic acids is 1. The molecule has 11 heteroatoms. The molecule has 9 nitrogen and oxygen atoms in total. The molecule has 3 rings (SSSR count). The van der Waals surface area contributed by atoms with E-state index in [9.17, 15) is 14.9 Å². The third kappa shape index (κ3) is 7.03. The van der Waals surface area contributed by atoms with Gasteiger partial charge in [-0.1, -0.05) is 28.1 Å². The minimum absolute atomic E-state index is 0.00766. The number of hydrazone groups is 1. The molecule has 0 spiro atoms. The SMILES string of the molecule is CCOc1cc(/C=N\NC(=O)c2cc([N+](=O)[O-])ccc2OC)cc(Br)c1OCc1ccc(Br)cc1. The van der Waals surface area contributed by atoms with Crippen LogP contribution >= 0.6 is 31.9 Å². The third-order valence-corrected chi connectivity index (χ3v) is 5.76. The molecule has 1 amide bonds. The summed E-state index contributed by atoms with van der Waals surface area (Å²) in [4.78, 5) is 23.0. The molecular weight excluding hydrogens is 586 g/mol. The van der Waals surface area contributed by atoms with Gasteiger partial charge in [-0.3, -0.25) is 14.9 Å². The second kappa shape index (κ2) is 12.3. The summed E-state index contributed by atoms with van der Waals surface area (Å²) in [6.07, 6.45) is 1.42. The highest BCUT2D eigenvalue weighted by Gasteiger charge is 2.17. The number of amides is 1. The van der Waals surface area contributed by atoms with Crippen molar-refractivity contribution in [2.45, 2.75) is 13.5 Å². The molecule has 0 aliphatic heterocycles. The number of nitro groups is 1. The number of carbonyl (C=O) groups is 1. The molecule has 0 heterocycles. The Kier molecular flexibility index (Phi) is 9.21. The summed E-state index contributed by atoms with van der Waals surface area (Å²) < 4.78 is 18.5. The first-order chi connectivity index (χ1) is 16.8. The largest absolute Gasteiger partial charge is 0.496 e. The molecule has 0 aliphatic carbocycles. The summed E-state index contributed by atoms with van der Waals surface area (Å²) in [5.74, 6) is 0.585. The van der Waals surface area contributed by atoms with Crippen LogP contribution in [0.2, 0.25) is 0 Å². The Labute approximate surface area is 218 Å². The number of nitrogens with zero attached hydrogens (tertiary/aromatic N) is 2. The van der Waals surface area contributed by atoms with Gasteiger partial charge in [-0.15, -0.1) is 0 Å². The van der Waals surface area contributed by atoms with E-state index in [1.807, 2.05) is 31.2 Å². The predicted octanol–water partition coefficient (Wildman–Crippen LogP) is 5.87. The zero-order valence-electron chi connectivity index (χ0n) is 18.8. The van der Waals surface area contributed by atoms with Crippen molar-refractivity contribution in [3.63, 3.8) is 0 Å². The fraction of sp³-hybridized carbons (Fsp3) is 0.167. The zero-order chi connectivity index (χ0) is 25.4. The molecule has 0 fully saturated rings. The van der Waals surface area contributed by atoms with Gasteiger partial charge in [-0.25, -0.2) is 5.43 Å². The molecule has 0 bridgehead atoms. The maximum atomic E-state index is 12.5. The number of hydrogen-bond donors (Lipinski definition) is 1. The number of halogens is 2. The van der Waals surface area contributed by atoms with Crippen LogP contribution in [0.15, 0.2) is 68.6 Å². The lowest BCUT2D eigenvalue weighted by Gasteiger charge is -2.15. The molecular formula is C24H21Br2N3O6. The second-order valence-corrected chi connectivity index (χ2v) is 8.79. The lowest BCUT2D eigenvalue weighted by molar-refractivity contribution is -0.384. The normalized spacial score (nSPS) is 10.7. The van der Waals surface area contributed by atoms with Gasteiger partial charge in [-0.2, -0.15) is 5.10 Å². The number of rotatable bonds is 10. The van der Waals surface area contributed by atoms with Crippen LogP contribution in [0.25, 0.3) is 0 Å². The summed E-state index contributed by atoms with van der Waals surface area (Å²) in [5.41, 5.74) is 3.74. The van der Waals surface area contributed by atoms with E-state index < -0.39 is 10.8 Å². The van der Waals surface area contributed by atoms with Crippen LogP contribution in [0.1, 0.15) is 28.4 Å². The fourth-order valence-electron chi connectivity index (χ4n) is 3.01. The van der Waals surface area contributed by atoms with Gasteiger partial charge < -0.3 is 14.2 Å². The minimum Gasteiger partial charge on any atom is -0.496 e. The van der Waals surface area contributed by atoms with Gasteiger partial charge >= 0.3 is 0 Å². The van der Waals surface area contributed by atoms with E-state index in [1.165, 1.54) is 25.5 Å². The molecule has 0 saturated carbocycles. The molecule has 0 aliphatic rings. The van der Waals surface area contributed by atoms with E-state index in [1.54, 1.807) is 12.1 Å². The second-order valence-electron chi connectivity index (χ2n) is 7.02. The van der Waals surface area contributed by atoms with Crippen LogP contribution < -0.4 is 19.6 Å². The van der Waals surface area contributed by atoms with Gasteiger partial charge in [0.2, 0.25) is 0 Å². The highest BCUT2D eigenvalue weighted by molar-refractivity contribution is 9.10. The molecule has 0 radical (unpaired) electrons. The van der Waals surface area contributed by atoms with Crippen molar-refractivity contribution in [2.75, 3.05) is 13.7 Å². The molecule has 0 saturated heterocycles. The first-order valence-electron chi connectivity index (χ1n) is 10.3. The summed E-state index contributed by atoms with van der Waals surface area (Å²) >= 11 is 6.92. The van der Waals surface area contributed by atoms with Gasteiger partial charge in [0.05, 0.1) is 34.9 Å². The van der Waals surface area contributed by atoms with E-state index in [4.69, 9.17) is 14.2 Å². The Balaban J connectivity index is 1.76. The van der Waals surface area contributed by atoms with Crippen molar-refractivity contribution in [1.29, 1.82) is 0 Å². The maximum absolute atomic E-state index is 12.5. The van der Waals surface area contributed by atoms with Crippen LogP contribution in [-0.4, -0.2) is 30.8 Å². The number of nitro benzene ring substituents is 1. The topological polar surface area (TPSA) is 112 Å². The van der Waals surface area contributed by atoms with Crippen LogP contribution in [0.4, 0.5) is 5.69 Å². The lowest BCUT2D eigenvalue weighted by atomic mass is 10.1. The van der Waals surface area contributed by atoms with Crippen molar-refractivity contribution >= 4 is 49.7 Å². The monoisotopic (exact) mass is 605 g/mol. The van der Waals surface area contributed by atoms with Gasteiger partial charge in [0.25, 0.3) is 11.6 Å². The Morgan fingerprint density at radius 3 is 2.49 bits per heavy atom. The van der Waals surface area contributed by atoms with Crippen LogP contribution in [0.3, 0.4) is 0 Å². The quantitative estimate of drug-likeness (QED) is 0.175. The number of hydrogen-bond acceptors (Lipinski definition) is 7.